The molecule has 0 saturated heterocycles. The Morgan fingerprint density at radius 2 is 1.92 bits per heavy atom. The first-order chi connectivity index (χ1) is 11.5. The molecule has 0 amide bonds. The lowest BCUT2D eigenvalue weighted by molar-refractivity contribution is -0.384. The van der Waals surface area contributed by atoms with Gasteiger partial charge in [0.05, 0.1) is 10.8 Å². The Bertz CT molecular complexity index is 553. The normalized spacial score (nSPS) is 17.9. The average Bonchev–Trinajstić information content (AvgIpc) is 2.56. The second-order valence-corrected chi connectivity index (χ2v) is 6.72. The van der Waals surface area contributed by atoms with Crippen LogP contribution in [0, 0.1) is 16.0 Å². The summed E-state index contributed by atoms with van der Waals surface area (Å²) in [5, 5.41) is 10.6. The number of rotatable bonds is 7. The Kier molecular flexibility index (Phi) is 6.73. The van der Waals surface area contributed by atoms with Crippen molar-refractivity contribution in [3.63, 3.8) is 0 Å². The fourth-order valence-electron chi connectivity index (χ4n) is 3.15. The van der Waals surface area contributed by atoms with Crippen molar-refractivity contribution in [3.8, 4) is 0 Å². The van der Waals surface area contributed by atoms with Crippen molar-refractivity contribution in [1.29, 1.82) is 0 Å². The predicted octanol–water partition coefficient (Wildman–Crippen LogP) is 3.37. The Labute approximate surface area is 142 Å². The number of esters is 1. The minimum Gasteiger partial charge on any atom is -0.462 e. The van der Waals surface area contributed by atoms with Gasteiger partial charge in [-0.05, 0) is 44.1 Å². The van der Waals surface area contributed by atoms with Crippen LogP contribution in [0.1, 0.15) is 51.0 Å². The van der Waals surface area contributed by atoms with Gasteiger partial charge in [0, 0.05) is 18.2 Å². The molecule has 0 aromatic heterocycles. The van der Waals surface area contributed by atoms with Crippen molar-refractivity contribution in [2.75, 3.05) is 0 Å². The first kappa shape index (κ1) is 18.4. The smallest absolute Gasteiger partial charge is 0.308 e. The van der Waals surface area contributed by atoms with E-state index in [4.69, 9.17) is 10.5 Å². The fraction of sp³-hybridized carbons (Fsp3) is 0.611. The molecule has 1 aromatic carbocycles. The topological polar surface area (TPSA) is 95.5 Å². The van der Waals surface area contributed by atoms with Gasteiger partial charge in [0.1, 0.15) is 6.10 Å². The monoisotopic (exact) mass is 334 g/mol. The molecule has 132 valence electrons. The van der Waals surface area contributed by atoms with Crippen molar-refractivity contribution < 1.29 is 14.5 Å². The molecule has 2 N–H and O–H groups in total. The molecule has 0 unspecified atom stereocenters. The number of hydrogen-bond acceptors (Lipinski definition) is 5. The van der Waals surface area contributed by atoms with E-state index in [1.54, 1.807) is 12.1 Å². The maximum Gasteiger partial charge on any atom is 0.308 e. The van der Waals surface area contributed by atoms with Crippen LogP contribution in [-0.4, -0.2) is 23.0 Å². The summed E-state index contributed by atoms with van der Waals surface area (Å²) in [5.41, 5.74) is 7.13. The van der Waals surface area contributed by atoms with Crippen molar-refractivity contribution in [2.45, 2.75) is 64.0 Å². The van der Waals surface area contributed by atoms with Crippen molar-refractivity contribution in [2.24, 2.45) is 11.7 Å². The summed E-state index contributed by atoms with van der Waals surface area (Å²) in [4.78, 5) is 22.4. The zero-order valence-electron chi connectivity index (χ0n) is 14.1. The van der Waals surface area contributed by atoms with Gasteiger partial charge in [-0.2, -0.15) is 0 Å². The molecule has 6 heteroatoms. The third-order valence-electron chi connectivity index (χ3n) is 4.54. The van der Waals surface area contributed by atoms with Crippen LogP contribution in [0.3, 0.4) is 0 Å². The van der Waals surface area contributed by atoms with Gasteiger partial charge in [-0.3, -0.25) is 14.9 Å². The Balaban J connectivity index is 1.78. The number of hydrogen-bond donors (Lipinski definition) is 1. The fourth-order valence-corrected chi connectivity index (χ4v) is 3.15. The first-order valence-electron chi connectivity index (χ1n) is 8.65. The molecule has 0 spiro atoms. The molecular formula is C18H26N2O4. The van der Waals surface area contributed by atoms with Crippen molar-refractivity contribution >= 4 is 11.7 Å². The largest absolute Gasteiger partial charge is 0.462 e. The van der Waals surface area contributed by atoms with E-state index in [1.165, 1.54) is 18.6 Å². The first-order valence-corrected chi connectivity index (χ1v) is 8.65. The van der Waals surface area contributed by atoms with Crippen LogP contribution in [-0.2, 0) is 16.0 Å². The Morgan fingerprint density at radius 3 is 2.50 bits per heavy atom. The van der Waals surface area contributed by atoms with E-state index in [9.17, 15) is 14.9 Å². The highest BCUT2D eigenvalue weighted by atomic mass is 16.6. The maximum atomic E-state index is 12.2. The van der Waals surface area contributed by atoms with Crippen molar-refractivity contribution in [1.82, 2.24) is 0 Å². The van der Waals surface area contributed by atoms with E-state index in [1.807, 2.05) is 6.92 Å². The van der Waals surface area contributed by atoms with Gasteiger partial charge < -0.3 is 10.5 Å². The van der Waals surface area contributed by atoms with Crippen LogP contribution in [0.4, 0.5) is 5.69 Å². The molecule has 0 bridgehead atoms. The van der Waals surface area contributed by atoms with E-state index in [0.29, 0.717) is 12.8 Å². The summed E-state index contributed by atoms with van der Waals surface area (Å²) in [5.74, 6) is -0.402. The SMILES string of the molecule is C[C@@H](C[C@@H](N)Cc1ccc([N+](=O)[O-])cc1)C(=O)OC1CCCCC1. The number of ether oxygens (including phenoxy) is 1. The van der Waals surface area contributed by atoms with E-state index in [2.05, 4.69) is 0 Å². The Hall–Kier alpha value is -1.95. The number of benzene rings is 1. The zero-order valence-corrected chi connectivity index (χ0v) is 14.1. The summed E-state index contributed by atoms with van der Waals surface area (Å²) in [7, 11) is 0. The lowest BCUT2D eigenvalue weighted by Crippen LogP contribution is -2.31. The standard InChI is InChI=1S/C18H26N2O4/c1-13(18(21)24-17-5-3-2-4-6-17)11-15(19)12-14-7-9-16(10-8-14)20(22)23/h7-10,13,15,17H,2-6,11-12,19H2,1H3/t13-,15+/m0/s1. The summed E-state index contributed by atoms with van der Waals surface area (Å²) in [6.45, 7) is 1.85. The molecule has 0 aliphatic heterocycles. The third kappa shape index (κ3) is 5.60. The predicted molar refractivity (Wildman–Crippen MR) is 91.5 cm³/mol. The lowest BCUT2D eigenvalue weighted by atomic mass is 9.95. The minimum atomic E-state index is -0.424. The van der Waals surface area contributed by atoms with Gasteiger partial charge in [0.2, 0.25) is 0 Å². The molecular weight excluding hydrogens is 308 g/mol. The molecule has 24 heavy (non-hydrogen) atoms. The second kappa shape index (κ2) is 8.78. The lowest BCUT2D eigenvalue weighted by Gasteiger charge is -2.24. The molecule has 2 rings (SSSR count). The summed E-state index contributed by atoms with van der Waals surface area (Å²) < 4.78 is 5.58. The van der Waals surface area contributed by atoms with Crippen LogP contribution in [0.5, 0.6) is 0 Å². The number of carbonyl (C=O) groups is 1. The number of carbonyl (C=O) groups excluding carboxylic acids is 1. The average molecular weight is 334 g/mol. The highest BCUT2D eigenvalue weighted by Gasteiger charge is 2.23. The Morgan fingerprint density at radius 1 is 1.29 bits per heavy atom. The van der Waals surface area contributed by atoms with Gasteiger partial charge in [-0.1, -0.05) is 25.5 Å². The molecule has 1 aliphatic carbocycles. The molecule has 1 aliphatic rings. The second-order valence-electron chi connectivity index (χ2n) is 6.72. The van der Waals surface area contributed by atoms with Crippen LogP contribution in [0.2, 0.25) is 0 Å². The molecule has 1 saturated carbocycles. The number of nitro groups is 1. The van der Waals surface area contributed by atoms with Gasteiger partial charge in [0.15, 0.2) is 0 Å². The van der Waals surface area contributed by atoms with Gasteiger partial charge in [-0.15, -0.1) is 0 Å². The van der Waals surface area contributed by atoms with E-state index in [-0.39, 0.29) is 29.7 Å². The van der Waals surface area contributed by atoms with Gasteiger partial charge in [-0.25, -0.2) is 0 Å². The molecule has 1 aromatic rings. The molecule has 6 nitrogen and oxygen atoms in total. The minimum absolute atomic E-state index is 0.0664. The van der Waals surface area contributed by atoms with E-state index >= 15 is 0 Å². The van der Waals surface area contributed by atoms with Crippen molar-refractivity contribution in [3.05, 3.63) is 39.9 Å². The summed E-state index contributed by atoms with van der Waals surface area (Å²) in [6.07, 6.45) is 6.61. The highest BCUT2D eigenvalue weighted by molar-refractivity contribution is 5.72. The number of nitrogens with two attached hydrogens (primary N) is 1. The van der Waals surface area contributed by atoms with E-state index in [0.717, 1.165) is 31.2 Å². The van der Waals surface area contributed by atoms with Gasteiger partial charge in [0.25, 0.3) is 5.69 Å². The summed E-state index contributed by atoms with van der Waals surface area (Å²) >= 11 is 0. The van der Waals surface area contributed by atoms with E-state index < -0.39 is 4.92 Å². The summed E-state index contributed by atoms with van der Waals surface area (Å²) in [6, 6.07) is 6.19. The number of nitrogens with zero attached hydrogens (tertiary/aromatic N) is 1. The molecule has 0 heterocycles. The molecule has 1 fully saturated rings. The van der Waals surface area contributed by atoms with Crippen LogP contribution >= 0.6 is 0 Å². The molecule has 2 atom stereocenters. The van der Waals surface area contributed by atoms with Gasteiger partial charge >= 0.3 is 5.97 Å². The highest BCUT2D eigenvalue weighted by Crippen LogP contribution is 2.22. The van der Waals surface area contributed by atoms with Crippen LogP contribution in [0.25, 0.3) is 0 Å². The molecule has 0 radical (unpaired) electrons. The number of non-ortho nitro benzene ring substituents is 1. The zero-order chi connectivity index (χ0) is 17.5. The maximum absolute atomic E-state index is 12.2. The van der Waals surface area contributed by atoms with Crippen LogP contribution in [0.15, 0.2) is 24.3 Å². The third-order valence-corrected chi connectivity index (χ3v) is 4.54. The quantitative estimate of drug-likeness (QED) is 0.468. The number of nitro benzene ring substituents is 1. The van der Waals surface area contributed by atoms with Crippen LogP contribution < -0.4 is 5.73 Å².